The zero-order valence-corrected chi connectivity index (χ0v) is 11.6. The topological polar surface area (TPSA) is 69.6 Å². The van der Waals surface area contributed by atoms with Crippen molar-refractivity contribution in [3.05, 3.63) is 40.4 Å². The highest BCUT2D eigenvalue weighted by Gasteiger charge is 2.15. The highest BCUT2D eigenvalue weighted by Crippen LogP contribution is 2.32. The highest BCUT2D eigenvalue weighted by atomic mass is 35.5. The smallest absolute Gasteiger partial charge is 0.335 e. The number of benzene rings is 1. The minimum Gasteiger partial charge on any atom is -0.478 e. The van der Waals surface area contributed by atoms with E-state index in [9.17, 15) is 9.59 Å². The third kappa shape index (κ3) is 3.87. The van der Waals surface area contributed by atoms with Crippen molar-refractivity contribution in [2.24, 2.45) is 0 Å². The predicted molar refractivity (Wildman–Crippen MR) is 75.3 cm³/mol. The van der Waals surface area contributed by atoms with Gasteiger partial charge in [0.15, 0.2) is 0 Å². The number of likely N-dealkylation sites (N-methyl/N-ethyl adjacent to an activating group) is 1. The molecule has 0 atom stereocenters. The quantitative estimate of drug-likeness (QED) is 0.838. The second kappa shape index (κ2) is 6.45. The summed E-state index contributed by atoms with van der Waals surface area (Å²) in [6, 6.07) is 2.02. The van der Waals surface area contributed by atoms with E-state index in [1.807, 2.05) is 0 Å². The second-order valence-corrected chi connectivity index (χ2v) is 4.53. The number of urea groups is 1. The van der Waals surface area contributed by atoms with Gasteiger partial charge in [-0.25, -0.2) is 9.59 Å². The third-order valence-electron chi connectivity index (χ3n) is 2.27. The van der Waals surface area contributed by atoms with Crippen LogP contribution in [0, 0.1) is 0 Å². The first-order valence-electron chi connectivity index (χ1n) is 5.22. The van der Waals surface area contributed by atoms with Crippen molar-refractivity contribution < 1.29 is 14.7 Å². The first-order valence-corrected chi connectivity index (χ1v) is 5.97. The van der Waals surface area contributed by atoms with Crippen molar-refractivity contribution in [3.63, 3.8) is 0 Å². The molecule has 0 radical (unpaired) electrons. The molecular formula is C12H12Cl2N2O3. The number of nitrogens with zero attached hydrogens (tertiary/aromatic N) is 1. The molecule has 19 heavy (non-hydrogen) atoms. The van der Waals surface area contributed by atoms with E-state index in [0.717, 1.165) is 0 Å². The Labute approximate surface area is 120 Å². The van der Waals surface area contributed by atoms with Crippen LogP contribution in [0.3, 0.4) is 0 Å². The Morgan fingerprint density at radius 1 is 1.42 bits per heavy atom. The first-order chi connectivity index (χ1) is 8.86. The van der Waals surface area contributed by atoms with Crippen molar-refractivity contribution in [1.82, 2.24) is 4.90 Å². The molecule has 0 fully saturated rings. The van der Waals surface area contributed by atoms with E-state index in [0.29, 0.717) is 6.54 Å². The van der Waals surface area contributed by atoms with Gasteiger partial charge in [-0.05, 0) is 12.1 Å². The maximum atomic E-state index is 11.8. The van der Waals surface area contributed by atoms with Crippen LogP contribution in [0.4, 0.5) is 10.5 Å². The van der Waals surface area contributed by atoms with Crippen LogP contribution in [0.1, 0.15) is 10.4 Å². The van der Waals surface area contributed by atoms with E-state index in [4.69, 9.17) is 28.3 Å². The fourth-order valence-corrected chi connectivity index (χ4v) is 1.88. The molecule has 0 aromatic heterocycles. The number of rotatable bonds is 4. The molecule has 0 saturated heterocycles. The van der Waals surface area contributed by atoms with Gasteiger partial charge >= 0.3 is 12.0 Å². The molecule has 0 aliphatic heterocycles. The zero-order chi connectivity index (χ0) is 14.6. The van der Waals surface area contributed by atoms with Gasteiger partial charge in [-0.1, -0.05) is 29.3 Å². The molecule has 0 spiro atoms. The molecule has 1 aromatic carbocycles. The summed E-state index contributed by atoms with van der Waals surface area (Å²) in [6.45, 7) is 3.87. The molecular weight excluding hydrogens is 291 g/mol. The van der Waals surface area contributed by atoms with Crippen LogP contribution in [0.25, 0.3) is 0 Å². The summed E-state index contributed by atoms with van der Waals surface area (Å²) in [4.78, 5) is 23.9. The number of nitrogens with one attached hydrogen (secondary N) is 1. The van der Waals surface area contributed by atoms with E-state index in [1.54, 1.807) is 13.1 Å². The van der Waals surface area contributed by atoms with E-state index >= 15 is 0 Å². The highest BCUT2D eigenvalue weighted by molar-refractivity contribution is 6.40. The van der Waals surface area contributed by atoms with Crippen LogP contribution >= 0.6 is 23.2 Å². The Morgan fingerprint density at radius 3 is 2.37 bits per heavy atom. The van der Waals surface area contributed by atoms with Gasteiger partial charge in [0.25, 0.3) is 0 Å². The average Bonchev–Trinajstić information content (AvgIpc) is 2.33. The van der Waals surface area contributed by atoms with Crippen molar-refractivity contribution in [1.29, 1.82) is 0 Å². The molecule has 1 rings (SSSR count). The van der Waals surface area contributed by atoms with Gasteiger partial charge in [-0.2, -0.15) is 0 Å². The minimum atomic E-state index is -1.15. The summed E-state index contributed by atoms with van der Waals surface area (Å²) < 4.78 is 0. The largest absolute Gasteiger partial charge is 0.478 e. The molecule has 2 amide bonds. The van der Waals surface area contributed by atoms with Gasteiger partial charge in [-0.3, -0.25) is 0 Å². The van der Waals surface area contributed by atoms with Gasteiger partial charge in [-0.15, -0.1) is 6.58 Å². The number of halogens is 2. The predicted octanol–water partition coefficient (Wildman–Crippen LogP) is 3.34. The summed E-state index contributed by atoms with van der Waals surface area (Å²) in [5, 5.41) is 11.5. The summed E-state index contributed by atoms with van der Waals surface area (Å²) in [5.41, 5.74) is 0.127. The number of hydrogen-bond donors (Lipinski definition) is 2. The number of carbonyl (C=O) groups excluding carboxylic acids is 1. The Bertz CT molecular complexity index is 509. The van der Waals surface area contributed by atoms with Crippen molar-refractivity contribution in [2.45, 2.75) is 0 Å². The number of aromatic carboxylic acids is 1. The van der Waals surface area contributed by atoms with Crippen LogP contribution in [0.5, 0.6) is 0 Å². The lowest BCUT2D eigenvalue weighted by atomic mass is 10.2. The SMILES string of the molecule is C=CCN(C)C(=O)Nc1c(Cl)cc(C(=O)O)cc1Cl. The Morgan fingerprint density at radius 2 is 1.95 bits per heavy atom. The Kier molecular flexibility index (Phi) is 5.20. The van der Waals surface area contributed by atoms with Gasteiger partial charge in [0.05, 0.1) is 21.3 Å². The normalized spacial score (nSPS) is 9.84. The van der Waals surface area contributed by atoms with Gasteiger partial charge in [0.2, 0.25) is 0 Å². The van der Waals surface area contributed by atoms with E-state index in [-0.39, 0.29) is 21.3 Å². The number of carboxylic acid groups (broad SMARTS) is 1. The Balaban J connectivity index is 2.99. The molecule has 0 aliphatic carbocycles. The number of carbonyl (C=O) groups is 2. The molecule has 0 saturated carbocycles. The fraction of sp³-hybridized carbons (Fsp3) is 0.167. The lowest BCUT2D eigenvalue weighted by Crippen LogP contribution is -2.31. The summed E-state index contributed by atoms with van der Waals surface area (Å²) in [5.74, 6) is -1.15. The lowest BCUT2D eigenvalue weighted by Gasteiger charge is -2.17. The molecule has 7 heteroatoms. The van der Waals surface area contributed by atoms with Gasteiger partial charge in [0, 0.05) is 13.6 Å². The van der Waals surface area contributed by atoms with Crippen molar-refractivity contribution >= 4 is 40.9 Å². The van der Waals surface area contributed by atoms with Crippen molar-refractivity contribution in [2.75, 3.05) is 18.9 Å². The average molecular weight is 303 g/mol. The van der Waals surface area contributed by atoms with E-state index in [1.165, 1.54) is 17.0 Å². The molecule has 0 aliphatic rings. The van der Waals surface area contributed by atoms with Crippen LogP contribution < -0.4 is 5.32 Å². The van der Waals surface area contributed by atoms with Crippen molar-refractivity contribution in [3.8, 4) is 0 Å². The van der Waals surface area contributed by atoms with Crippen LogP contribution in [0.15, 0.2) is 24.8 Å². The molecule has 0 heterocycles. The fourth-order valence-electron chi connectivity index (χ4n) is 1.29. The number of amides is 2. The maximum Gasteiger partial charge on any atom is 0.335 e. The van der Waals surface area contributed by atoms with E-state index < -0.39 is 12.0 Å². The second-order valence-electron chi connectivity index (χ2n) is 3.72. The van der Waals surface area contributed by atoms with E-state index in [2.05, 4.69) is 11.9 Å². The third-order valence-corrected chi connectivity index (χ3v) is 2.87. The van der Waals surface area contributed by atoms with Crippen LogP contribution in [-0.4, -0.2) is 35.6 Å². The molecule has 0 unspecified atom stereocenters. The monoisotopic (exact) mass is 302 g/mol. The summed E-state index contributed by atoms with van der Waals surface area (Å²) in [6.07, 6.45) is 1.57. The lowest BCUT2D eigenvalue weighted by molar-refractivity contribution is 0.0697. The number of hydrogen-bond acceptors (Lipinski definition) is 2. The minimum absolute atomic E-state index is 0.0487. The summed E-state index contributed by atoms with van der Waals surface area (Å²) >= 11 is 11.8. The van der Waals surface area contributed by atoms with Gasteiger partial charge < -0.3 is 15.3 Å². The van der Waals surface area contributed by atoms with Crippen LogP contribution in [-0.2, 0) is 0 Å². The first kappa shape index (κ1) is 15.3. The summed E-state index contributed by atoms with van der Waals surface area (Å²) in [7, 11) is 1.57. The van der Waals surface area contributed by atoms with Gasteiger partial charge in [0.1, 0.15) is 0 Å². The molecule has 1 aromatic rings. The molecule has 0 bridgehead atoms. The standard InChI is InChI=1S/C12H12Cl2N2O3/c1-3-4-16(2)12(19)15-10-8(13)5-7(11(17)18)6-9(10)14/h3,5-6H,1,4H2,2H3,(H,15,19)(H,17,18). The number of anilines is 1. The Hall–Kier alpha value is -1.72. The zero-order valence-electron chi connectivity index (χ0n) is 10.1. The molecule has 102 valence electrons. The van der Waals surface area contributed by atoms with Crippen LogP contribution in [0.2, 0.25) is 10.0 Å². The maximum absolute atomic E-state index is 11.8. The number of carboxylic acids is 1. The molecule has 5 nitrogen and oxygen atoms in total. The molecule has 2 N–H and O–H groups in total.